The van der Waals surface area contributed by atoms with Crippen LogP contribution in [0, 0.1) is 0 Å². The van der Waals surface area contributed by atoms with Gasteiger partial charge in [0.25, 0.3) is 5.91 Å². The summed E-state index contributed by atoms with van der Waals surface area (Å²) in [7, 11) is 1.71. The lowest BCUT2D eigenvalue weighted by Crippen LogP contribution is -2.36. The Bertz CT molecular complexity index is 840. The van der Waals surface area contributed by atoms with Gasteiger partial charge in [-0.3, -0.25) is 9.59 Å². The molecule has 124 valence electrons. The minimum absolute atomic E-state index is 0.0278. The SMILES string of the molecule is CCc1ccc(C2CC(=O)Nc3cc4c(cc32)OCC(=O)N4C)o1. The molecule has 0 aliphatic carbocycles. The molecule has 6 heteroatoms. The summed E-state index contributed by atoms with van der Waals surface area (Å²) >= 11 is 0. The molecule has 2 aliphatic rings. The number of hydrogen-bond donors (Lipinski definition) is 1. The van der Waals surface area contributed by atoms with Gasteiger partial charge in [0.1, 0.15) is 17.3 Å². The van der Waals surface area contributed by atoms with Gasteiger partial charge < -0.3 is 19.4 Å². The molecular formula is C18H18N2O4. The van der Waals surface area contributed by atoms with Gasteiger partial charge in [-0.25, -0.2) is 0 Å². The first-order chi connectivity index (χ1) is 11.6. The molecule has 1 aromatic heterocycles. The first-order valence-electron chi connectivity index (χ1n) is 8.02. The van der Waals surface area contributed by atoms with Crippen molar-refractivity contribution < 1.29 is 18.7 Å². The Hall–Kier alpha value is -2.76. The molecule has 2 aliphatic heterocycles. The Balaban J connectivity index is 1.82. The van der Waals surface area contributed by atoms with E-state index >= 15 is 0 Å². The molecule has 6 nitrogen and oxygen atoms in total. The highest BCUT2D eigenvalue weighted by molar-refractivity contribution is 6.01. The zero-order valence-corrected chi connectivity index (χ0v) is 13.6. The van der Waals surface area contributed by atoms with Crippen LogP contribution in [0.3, 0.4) is 0 Å². The number of fused-ring (bicyclic) bond motifs is 2. The van der Waals surface area contributed by atoms with Gasteiger partial charge in [0.15, 0.2) is 6.61 Å². The number of amides is 2. The Morgan fingerprint density at radius 1 is 1.29 bits per heavy atom. The van der Waals surface area contributed by atoms with Crippen LogP contribution in [0.15, 0.2) is 28.7 Å². The van der Waals surface area contributed by atoms with E-state index in [1.807, 2.05) is 25.1 Å². The van der Waals surface area contributed by atoms with Crippen molar-refractivity contribution in [3.05, 3.63) is 41.3 Å². The fourth-order valence-electron chi connectivity index (χ4n) is 3.25. The number of benzene rings is 1. The lowest BCUT2D eigenvalue weighted by molar-refractivity contribution is -0.121. The molecule has 0 saturated heterocycles. The van der Waals surface area contributed by atoms with Gasteiger partial charge in [-0.05, 0) is 29.8 Å². The summed E-state index contributed by atoms with van der Waals surface area (Å²) in [5.74, 6) is 2.01. The van der Waals surface area contributed by atoms with Gasteiger partial charge in [-0.2, -0.15) is 0 Å². The molecule has 0 fully saturated rings. The van der Waals surface area contributed by atoms with Crippen molar-refractivity contribution in [2.75, 3.05) is 23.9 Å². The zero-order valence-electron chi connectivity index (χ0n) is 13.6. The zero-order chi connectivity index (χ0) is 16.8. The summed E-state index contributed by atoms with van der Waals surface area (Å²) in [5, 5.41) is 2.89. The number of aryl methyl sites for hydroxylation is 1. The Morgan fingerprint density at radius 2 is 2.12 bits per heavy atom. The molecule has 2 amide bonds. The van der Waals surface area contributed by atoms with Crippen LogP contribution in [-0.2, 0) is 16.0 Å². The second-order valence-corrected chi connectivity index (χ2v) is 6.11. The van der Waals surface area contributed by atoms with E-state index in [-0.39, 0.29) is 24.3 Å². The van der Waals surface area contributed by atoms with Crippen LogP contribution in [0.5, 0.6) is 5.75 Å². The van der Waals surface area contributed by atoms with Gasteiger partial charge >= 0.3 is 0 Å². The molecule has 24 heavy (non-hydrogen) atoms. The van der Waals surface area contributed by atoms with Gasteiger partial charge in [0.2, 0.25) is 5.91 Å². The molecule has 0 saturated carbocycles. The van der Waals surface area contributed by atoms with E-state index in [4.69, 9.17) is 9.15 Å². The number of furan rings is 1. The molecule has 0 spiro atoms. The molecular weight excluding hydrogens is 308 g/mol. The average Bonchev–Trinajstić information content (AvgIpc) is 3.05. The van der Waals surface area contributed by atoms with E-state index in [1.54, 1.807) is 18.0 Å². The standard InChI is InChI=1S/C18H18N2O4/c1-3-10-4-5-15(24-10)12-7-17(21)19-13-8-14-16(6-11(12)13)23-9-18(22)20(14)2/h4-6,8,12H,3,7,9H2,1-2H3,(H,19,21). The number of likely N-dealkylation sites (N-methyl/N-ethyl adjacent to an activating group) is 1. The summed E-state index contributed by atoms with van der Waals surface area (Å²) in [6.07, 6.45) is 1.14. The van der Waals surface area contributed by atoms with E-state index in [0.29, 0.717) is 23.5 Å². The summed E-state index contributed by atoms with van der Waals surface area (Å²) in [6.45, 7) is 2.06. The number of ether oxygens (including phenoxy) is 1. The average molecular weight is 326 g/mol. The van der Waals surface area contributed by atoms with Crippen molar-refractivity contribution in [1.29, 1.82) is 0 Å². The van der Waals surface area contributed by atoms with Crippen LogP contribution in [0.1, 0.15) is 36.3 Å². The van der Waals surface area contributed by atoms with Gasteiger partial charge in [0, 0.05) is 25.6 Å². The normalized spacial score (nSPS) is 19.4. The smallest absolute Gasteiger partial charge is 0.264 e. The maximum absolute atomic E-state index is 12.1. The maximum atomic E-state index is 12.1. The topological polar surface area (TPSA) is 71.8 Å². The number of carbonyl (C=O) groups is 2. The van der Waals surface area contributed by atoms with E-state index in [2.05, 4.69) is 5.32 Å². The number of anilines is 2. The van der Waals surface area contributed by atoms with Crippen molar-refractivity contribution in [3.63, 3.8) is 0 Å². The summed E-state index contributed by atoms with van der Waals surface area (Å²) in [4.78, 5) is 25.5. The number of carbonyl (C=O) groups excluding carboxylic acids is 2. The Morgan fingerprint density at radius 3 is 2.88 bits per heavy atom. The molecule has 1 aromatic carbocycles. The predicted molar refractivity (Wildman–Crippen MR) is 88.5 cm³/mol. The third-order valence-electron chi connectivity index (χ3n) is 4.63. The van der Waals surface area contributed by atoms with E-state index in [1.165, 1.54) is 0 Å². The summed E-state index contributed by atoms with van der Waals surface area (Å²) in [6, 6.07) is 7.59. The lowest BCUT2D eigenvalue weighted by atomic mass is 9.88. The first kappa shape index (κ1) is 14.8. The highest BCUT2D eigenvalue weighted by atomic mass is 16.5. The first-order valence-corrected chi connectivity index (χ1v) is 8.02. The van der Waals surface area contributed by atoms with Crippen LogP contribution >= 0.6 is 0 Å². The Labute approximate surface area is 139 Å². The van der Waals surface area contributed by atoms with Crippen LogP contribution < -0.4 is 15.0 Å². The third kappa shape index (κ3) is 2.26. The van der Waals surface area contributed by atoms with Crippen molar-refractivity contribution in [2.45, 2.75) is 25.7 Å². The molecule has 1 atom stereocenters. The highest BCUT2D eigenvalue weighted by Gasteiger charge is 2.32. The quantitative estimate of drug-likeness (QED) is 0.921. The van der Waals surface area contributed by atoms with Crippen LogP contribution in [0.25, 0.3) is 0 Å². The van der Waals surface area contributed by atoms with Crippen LogP contribution in [0.2, 0.25) is 0 Å². The third-order valence-corrected chi connectivity index (χ3v) is 4.63. The molecule has 1 N–H and O–H groups in total. The number of nitrogens with zero attached hydrogens (tertiary/aromatic N) is 1. The lowest BCUT2D eigenvalue weighted by Gasteiger charge is -2.31. The van der Waals surface area contributed by atoms with Crippen molar-refractivity contribution >= 4 is 23.2 Å². The van der Waals surface area contributed by atoms with Gasteiger partial charge in [-0.15, -0.1) is 0 Å². The molecule has 1 unspecified atom stereocenters. The van der Waals surface area contributed by atoms with Crippen molar-refractivity contribution in [1.82, 2.24) is 0 Å². The molecule has 4 rings (SSSR count). The second kappa shape index (κ2) is 5.40. The van der Waals surface area contributed by atoms with E-state index in [0.717, 1.165) is 23.5 Å². The second-order valence-electron chi connectivity index (χ2n) is 6.11. The highest BCUT2D eigenvalue weighted by Crippen LogP contribution is 2.44. The number of nitrogens with one attached hydrogen (secondary N) is 1. The molecule has 2 aromatic rings. The minimum Gasteiger partial charge on any atom is -0.482 e. The fourth-order valence-corrected chi connectivity index (χ4v) is 3.25. The minimum atomic E-state index is -0.147. The van der Waals surface area contributed by atoms with Gasteiger partial charge in [-0.1, -0.05) is 6.92 Å². The molecule has 0 radical (unpaired) electrons. The fraction of sp³-hybridized carbons (Fsp3) is 0.333. The predicted octanol–water partition coefficient (Wildman–Crippen LogP) is 2.67. The van der Waals surface area contributed by atoms with E-state index in [9.17, 15) is 9.59 Å². The molecule has 3 heterocycles. The number of hydrogen-bond acceptors (Lipinski definition) is 4. The monoisotopic (exact) mass is 326 g/mol. The maximum Gasteiger partial charge on any atom is 0.264 e. The Kier molecular flexibility index (Phi) is 3.33. The molecule has 0 bridgehead atoms. The van der Waals surface area contributed by atoms with Crippen molar-refractivity contribution in [3.8, 4) is 5.75 Å². The summed E-state index contributed by atoms with van der Waals surface area (Å²) in [5.41, 5.74) is 2.32. The van der Waals surface area contributed by atoms with Crippen molar-refractivity contribution in [2.24, 2.45) is 0 Å². The van der Waals surface area contributed by atoms with Gasteiger partial charge in [0.05, 0.1) is 11.6 Å². The number of rotatable bonds is 2. The van der Waals surface area contributed by atoms with E-state index < -0.39 is 0 Å². The van der Waals surface area contributed by atoms with Crippen LogP contribution in [0.4, 0.5) is 11.4 Å². The van der Waals surface area contributed by atoms with Crippen LogP contribution in [-0.4, -0.2) is 25.5 Å². The summed E-state index contributed by atoms with van der Waals surface area (Å²) < 4.78 is 11.4. The largest absolute Gasteiger partial charge is 0.482 e.